The molecule has 0 aromatic heterocycles. The summed E-state index contributed by atoms with van der Waals surface area (Å²) in [6, 6.07) is 7.83. The maximum Gasteiger partial charge on any atom is 0.172 e. The Morgan fingerprint density at radius 3 is 2.75 bits per heavy atom. The highest BCUT2D eigenvalue weighted by Gasteiger charge is 2.05. The second kappa shape index (κ2) is 6.74. The van der Waals surface area contributed by atoms with E-state index in [0.29, 0.717) is 5.75 Å². The van der Waals surface area contributed by atoms with E-state index in [2.05, 4.69) is 13.8 Å². The van der Waals surface area contributed by atoms with Gasteiger partial charge >= 0.3 is 0 Å². The van der Waals surface area contributed by atoms with E-state index in [-0.39, 0.29) is 5.78 Å². The van der Waals surface area contributed by atoms with E-state index in [4.69, 9.17) is 0 Å². The topological polar surface area (TPSA) is 17.1 Å². The second-order valence-electron chi connectivity index (χ2n) is 4.53. The van der Waals surface area contributed by atoms with Crippen molar-refractivity contribution in [3.8, 4) is 0 Å². The van der Waals surface area contributed by atoms with Crippen LogP contribution < -0.4 is 0 Å². The summed E-state index contributed by atoms with van der Waals surface area (Å²) in [6.45, 7) is 6.44. The Labute approximate surface area is 103 Å². The quantitative estimate of drug-likeness (QED) is 0.549. The Hall–Kier alpha value is -0.760. The molecule has 1 rings (SSSR count). The first-order valence-electron chi connectivity index (χ1n) is 5.77. The zero-order valence-corrected chi connectivity index (χ0v) is 11.1. The largest absolute Gasteiger partial charge is 0.293 e. The molecule has 0 radical (unpaired) electrons. The van der Waals surface area contributed by atoms with Crippen molar-refractivity contribution in [2.75, 3.05) is 11.5 Å². The lowest BCUT2D eigenvalue weighted by Gasteiger charge is -2.04. The van der Waals surface area contributed by atoms with Crippen LogP contribution in [0.15, 0.2) is 24.3 Å². The van der Waals surface area contributed by atoms with Gasteiger partial charge in [-0.3, -0.25) is 4.79 Å². The van der Waals surface area contributed by atoms with Gasteiger partial charge in [-0.25, -0.2) is 0 Å². The molecule has 0 N–H and O–H groups in total. The number of rotatable bonds is 6. The van der Waals surface area contributed by atoms with Gasteiger partial charge in [0.2, 0.25) is 0 Å². The predicted molar refractivity (Wildman–Crippen MR) is 72.3 cm³/mol. The van der Waals surface area contributed by atoms with Crippen molar-refractivity contribution in [1.29, 1.82) is 0 Å². The van der Waals surface area contributed by atoms with E-state index in [9.17, 15) is 4.79 Å². The summed E-state index contributed by atoms with van der Waals surface area (Å²) < 4.78 is 0. The lowest BCUT2D eigenvalue weighted by Crippen LogP contribution is -2.03. The fourth-order valence-electron chi connectivity index (χ4n) is 1.39. The minimum absolute atomic E-state index is 0.248. The van der Waals surface area contributed by atoms with Crippen LogP contribution in [0.25, 0.3) is 0 Å². The molecule has 0 aliphatic heterocycles. The number of Topliss-reactive ketones (excluding diaryl/α,β-unsaturated/α-hetero) is 1. The van der Waals surface area contributed by atoms with Gasteiger partial charge in [0.1, 0.15) is 0 Å². The van der Waals surface area contributed by atoms with Crippen molar-refractivity contribution in [3.05, 3.63) is 35.4 Å². The first kappa shape index (κ1) is 13.3. The Bertz CT molecular complexity index is 344. The smallest absolute Gasteiger partial charge is 0.172 e. The molecule has 1 nitrogen and oxygen atoms in total. The minimum atomic E-state index is 0.248. The molecule has 0 saturated carbocycles. The molecule has 0 saturated heterocycles. The summed E-state index contributed by atoms with van der Waals surface area (Å²) in [5, 5.41) is 0. The van der Waals surface area contributed by atoms with E-state index < -0.39 is 0 Å². The fourth-order valence-corrected chi connectivity index (χ4v) is 2.52. The fraction of sp³-hybridized carbons (Fsp3) is 0.500. The summed E-state index contributed by atoms with van der Waals surface area (Å²) in [5.41, 5.74) is 2.00. The molecule has 0 fully saturated rings. The third kappa shape index (κ3) is 4.84. The van der Waals surface area contributed by atoms with Crippen molar-refractivity contribution < 1.29 is 4.79 Å². The van der Waals surface area contributed by atoms with Crippen LogP contribution in [-0.2, 0) is 0 Å². The van der Waals surface area contributed by atoms with Crippen LogP contribution in [0.1, 0.15) is 36.2 Å². The minimum Gasteiger partial charge on any atom is -0.293 e. The van der Waals surface area contributed by atoms with E-state index in [1.165, 1.54) is 6.42 Å². The summed E-state index contributed by atoms with van der Waals surface area (Å²) in [5.74, 6) is 2.66. The van der Waals surface area contributed by atoms with Gasteiger partial charge in [0.25, 0.3) is 0 Å². The molecule has 16 heavy (non-hydrogen) atoms. The maximum absolute atomic E-state index is 11.8. The summed E-state index contributed by atoms with van der Waals surface area (Å²) in [6.07, 6.45) is 1.19. The first-order chi connectivity index (χ1) is 7.59. The number of hydrogen-bond donors (Lipinski definition) is 0. The van der Waals surface area contributed by atoms with Gasteiger partial charge in [-0.2, -0.15) is 11.8 Å². The van der Waals surface area contributed by atoms with Crippen LogP contribution in [0.5, 0.6) is 0 Å². The normalized spacial score (nSPS) is 10.8. The molecule has 0 bridgehead atoms. The van der Waals surface area contributed by atoms with Gasteiger partial charge in [0, 0.05) is 5.56 Å². The predicted octanol–water partition coefficient (Wildman–Crippen LogP) is 3.96. The molecule has 2 heteroatoms. The molecule has 1 aromatic rings. The van der Waals surface area contributed by atoms with E-state index in [1.54, 1.807) is 11.8 Å². The van der Waals surface area contributed by atoms with E-state index >= 15 is 0 Å². The van der Waals surface area contributed by atoms with Gasteiger partial charge in [0.05, 0.1) is 5.75 Å². The van der Waals surface area contributed by atoms with Gasteiger partial charge in [-0.05, 0) is 31.1 Å². The number of thioether (sulfide) groups is 1. The number of ketones is 1. The van der Waals surface area contributed by atoms with Gasteiger partial charge in [-0.15, -0.1) is 0 Å². The van der Waals surface area contributed by atoms with Crippen LogP contribution in [0.4, 0.5) is 0 Å². The SMILES string of the molecule is Cc1cccc(C(=O)CSCCC(C)C)c1. The van der Waals surface area contributed by atoms with Crippen molar-refractivity contribution >= 4 is 17.5 Å². The molecule has 88 valence electrons. The Morgan fingerprint density at radius 2 is 2.12 bits per heavy atom. The lowest BCUT2D eigenvalue weighted by atomic mass is 10.1. The number of benzene rings is 1. The second-order valence-corrected chi connectivity index (χ2v) is 5.63. The molecule has 0 atom stereocenters. The molecule has 1 aromatic carbocycles. The third-order valence-electron chi connectivity index (χ3n) is 2.41. The molecule has 0 heterocycles. The van der Waals surface area contributed by atoms with Crippen LogP contribution >= 0.6 is 11.8 Å². The van der Waals surface area contributed by atoms with Crippen LogP contribution in [-0.4, -0.2) is 17.3 Å². The highest BCUT2D eigenvalue weighted by atomic mass is 32.2. The van der Waals surface area contributed by atoms with Crippen molar-refractivity contribution in [1.82, 2.24) is 0 Å². The molecular formula is C14H20OS. The number of carbonyl (C=O) groups is 1. The van der Waals surface area contributed by atoms with E-state index in [1.807, 2.05) is 31.2 Å². The molecule has 0 aliphatic rings. The Kier molecular flexibility index (Phi) is 5.61. The van der Waals surface area contributed by atoms with Gasteiger partial charge in [-0.1, -0.05) is 37.6 Å². The van der Waals surface area contributed by atoms with Gasteiger partial charge < -0.3 is 0 Å². The standard InChI is InChI=1S/C14H20OS/c1-11(2)7-8-16-10-14(15)13-6-4-5-12(3)9-13/h4-6,9,11H,7-8,10H2,1-3H3. The summed E-state index contributed by atoms with van der Waals surface area (Å²) >= 11 is 1.74. The summed E-state index contributed by atoms with van der Waals surface area (Å²) in [7, 11) is 0. The first-order valence-corrected chi connectivity index (χ1v) is 6.92. The van der Waals surface area contributed by atoms with Crippen molar-refractivity contribution in [3.63, 3.8) is 0 Å². The van der Waals surface area contributed by atoms with Crippen LogP contribution in [0.2, 0.25) is 0 Å². The Balaban J connectivity index is 2.35. The zero-order valence-electron chi connectivity index (χ0n) is 10.3. The average molecular weight is 236 g/mol. The van der Waals surface area contributed by atoms with Crippen LogP contribution in [0, 0.1) is 12.8 Å². The van der Waals surface area contributed by atoms with E-state index in [0.717, 1.165) is 22.8 Å². The lowest BCUT2D eigenvalue weighted by molar-refractivity contribution is 0.102. The highest BCUT2D eigenvalue weighted by molar-refractivity contribution is 7.99. The monoisotopic (exact) mass is 236 g/mol. The zero-order chi connectivity index (χ0) is 12.0. The number of hydrogen-bond acceptors (Lipinski definition) is 2. The number of carbonyl (C=O) groups excluding carboxylic acids is 1. The molecule has 0 unspecified atom stereocenters. The molecule has 0 aliphatic carbocycles. The summed E-state index contributed by atoms with van der Waals surface area (Å²) in [4.78, 5) is 11.8. The van der Waals surface area contributed by atoms with Gasteiger partial charge in [0.15, 0.2) is 5.78 Å². The van der Waals surface area contributed by atoms with Crippen molar-refractivity contribution in [2.45, 2.75) is 27.2 Å². The average Bonchev–Trinajstić information content (AvgIpc) is 2.24. The third-order valence-corrected chi connectivity index (χ3v) is 3.40. The Morgan fingerprint density at radius 1 is 1.38 bits per heavy atom. The molecule has 0 amide bonds. The molecule has 0 spiro atoms. The molecular weight excluding hydrogens is 216 g/mol. The van der Waals surface area contributed by atoms with Crippen LogP contribution in [0.3, 0.4) is 0 Å². The number of aryl methyl sites for hydroxylation is 1. The highest BCUT2D eigenvalue weighted by Crippen LogP contribution is 2.12. The maximum atomic E-state index is 11.8. The van der Waals surface area contributed by atoms with Crippen molar-refractivity contribution in [2.24, 2.45) is 5.92 Å².